The van der Waals surface area contributed by atoms with Crippen LogP contribution in [-0.2, 0) is 4.74 Å². The fraction of sp³-hybridized carbons (Fsp3) is 0.529. The molecule has 0 radical (unpaired) electrons. The van der Waals surface area contributed by atoms with E-state index in [0.717, 1.165) is 31.2 Å². The molecule has 0 unspecified atom stereocenters. The Morgan fingerprint density at radius 2 is 1.73 bits per heavy atom. The molecular formula is C17H21F3O2. The number of hydrogen-bond donors (Lipinski definition) is 0. The van der Waals surface area contributed by atoms with Crippen LogP contribution in [0.1, 0.15) is 37.2 Å². The number of alkyl halides is 3. The second kappa shape index (κ2) is 7.68. The molecular weight excluding hydrogens is 293 g/mol. The minimum absolute atomic E-state index is 0.160. The van der Waals surface area contributed by atoms with Gasteiger partial charge >= 0.3 is 6.36 Å². The summed E-state index contributed by atoms with van der Waals surface area (Å²) in [6.07, 6.45) is 3.95. The number of halogens is 3. The van der Waals surface area contributed by atoms with Gasteiger partial charge in [-0.3, -0.25) is 0 Å². The fourth-order valence-electron chi connectivity index (χ4n) is 2.93. The van der Waals surface area contributed by atoms with E-state index >= 15 is 0 Å². The van der Waals surface area contributed by atoms with Gasteiger partial charge in [-0.2, -0.15) is 0 Å². The van der Waals surface area contributed by atoms with Crippen LogP contribution in [0.15, 0.2) is 36.4 Å². The zero-order valence-corrected chi connectivity index (χ0v) is 12.6. The SMILES string of the molecule is COC/C=C/[C@H]1CC[C@H](c2ccc(OC(F)(F)F)cc2)CC1. The van der Waals surface area contributed by atoms with Gasteiger partial charge in [0.1, 0.15) is 5.75 Å². The van der Waals surface area contributed by atoms with Crippen LogP contribution in [0.3, 0.4) is 0 Å². The summed E-state index contributed by atoms with van der Waals surface area (Å²) in [6, 6.07) is 6.28. The molecule has 0 aromatic heterocycles. The van der Waals surface area contributed by atoms with Gasteiger partial charge in [0.25, 0.3) is 0 Å². The molecule has 122 valence electrons. The molecule has 22 heavy (non-hydrogen) atoms. The molecule has 0 aliphatic heterocycles. The van der Waals surface area contributed by atoms with Crippen LogP contribution >= 0.6 is 0 Å². The monoisotopic (exact) mass is 314 g/mol. The zero-order chi connectivity index (χ0) is 16.0. The van der Waals surface area contributed by atoms with Gasteiger partial charge in [0.15, 0.2) is 0 Å². The maximum atomic E-state index is 12.1. The highest BCUT2D eigenvalue weighted by Gasteiger charge is 2.31. The topological polar surface area (TPSA) is 18.5 Å². The summed E-state index contributed by atoms with van der Waals surface area (Å²) in [6.45, 7) is 0.639. The van der Waals surface area contributed by atoms with Crippen LogP contribution in [0.5, 0.6) is 5.75 Å². The van der Waals surface area contributed by atoms with Gasteiger partial charge < -0.3 is 9.47 Å². The molecule has 1 aromatic carbocycles. The highest BCUT2D eigenvalue weighted by molar-refractivity contribution is 5.30. The summed E-state index contributed by atoms with van der Waals surface area (Å²) in [5.41, 5.74) is 1.09. The lowest BCUT2D eigenvalue weighted by Crippen LogP contribution is -2.17. The van der Waals surface area contributed by atoms with Crippen molar-refractivity contribution in [2.24, 2.45) is 5.92 Å². The van der Waals surface area contributed by atoms with Crippen molar-refractivity contribution in [2.75, 3.05) is 13.7 Å². The Labute approximate surface area is 128 Å². The molecule has 0 heterocycles. The zero-order valence-electron chi connectivity index (χ0n) is 12.6. The average molecular weight is 314 g/mol. The molecule has 1 saturated carbocycles. The van der Waals surface area contributed by atoms with Gasteiger partial charge in [-0.15, -0.1) is 13.2 Å². The number of rotatable bonds is 5. The Morgan fingerprint density at radius 1 is 1.09 bits per heavy atom. The van der Waals surface area contributed by atoms with Gasteiger partial charge in [-0.25, -0.2) is 0 Å². The van der Waals surface area contributed by atoms with E-state index in [-0.39, 0.29) is 5.75 Å². The Hall–Kier alpha value is -1.49. The second-order valence-corrected chi connectivity index (χ2v) is 5.61. The summed E-state index contributed by atoms with van der Waals surface area (Å²) in [7, 11) is 1.67. The van der Waals surface area contributed by atoms with Crippen molar-refractivity contribution < 1.29 is 22.6 Å². The summed E-state index contributed by atoms with van der Waals surface area (Å²) in [5.74, 6) is 0.846. The van der Waals surface area contributed by atoms with Crippen LogP contribution in [0, 0.1) is 5.92 Å². The lowest BCUT2D eigenvalue weighted by atomic mass is 9.78. The Balaban J connectivity index is 1.86. The Kier molecular flexibility index (Phi) is 5.89. The maximum Gasteiger partial charge on any atom is 0.573 e. The van der Waals surface area contributed by atoms with Crippen molar-refractivity contribution in [3.8, 4) is 5.75 Å². The van der Waals surface area contributed by atoms with E-state index in [9.17, 15) is 13.2 Å². The van der Waals surface area contributed by atoms with E-state index in [1.165, 1.54) is 12.1 Å². The molecule has 1 aliphatic carbocycles. The predicted molar refractivity (Wildman–Crippen MR) is 78.8 cm³/mol. The minimum Gasteiger partial charge on any atom is -0.406 e. The van der Waals surface area contributed by atoms with E-state index in [1.54, 1.807) is 19.2 Å². The van der Waals surface area contributed by atoms with E-state index in [0.29, 0.717) is 18.4 Å². The first-order valence-corrected chi connectivity index (χ1v) is 7.49. The normalized spacial score (nSPS) is 22.9. The average Bonchev–Trinajstić information content (AvgIpc) is 2.48. The first-order chi connectivity index (χ1) is 10.5. The first kappa shape index (κ1) is 16.9. The third-order valence-corrected chi connectivity index (χ3v) is 4.03. The summed E-state index contributed by atoms with van der Waals surface area (Å²) in [4.78, 5) is 0. The molecule has 1 aromatic rings. The number of hydrogen-bond acceptors (Lipinski definition) is 2. The number of methoxy groups -OCH3 is 1. The maximum absolute atomic E-state index is 12.1. The molecule has 0 spiro atoms. The van der Waals surface area contributed by atoms with Crippen molar-refractivity contribution in [2.45, 2.75) is 38.0 Å². The molecule has 5 heteroatoms. The molecule has 0 saturated heterocycles. The van der Waals surface area contributed by atoms with E-state index in [1.807, 2.05) is 6.08 Å². The quantitative estimate of drug-likeness (QED) is 0.707. The number of ether oxygens (including phenoxy) is 2. The van der Waals surface area contributed by atoms with Gasteiger partial charge in [0.2, 0.25) is 0 Å². The van der Waals surface area contributed by atoms with E-state index < -0.39 is 6.36 Å². The smallest absolute Gasteiger partial charge is 0.406 e. The van der Waals surface area contributed by atoms with Crippen molar-refractivity contribution in [1.29, 1.82) is 0 Å². The predicted octanol–water partition coefficient (Wildman–Crippen LogP) is 5.06. The van der Waals surface area contributed by atoms with Gasteiger partial charge in [0.05, 0.1) is 6.61 Å². The fourth-order valence-corrected chi connectivity index (χ4v) is 2.93. The van der Waals surface area contributed by atoms with E-state index in [2.05, 4.69) is 10.8 Å². The van der Waals surface area contributed by atoms with Gasteiger partial charge in [-0.05, 0) is 55.2 Å². The van der Waals surface area contributed by atoms with Crippen molar-refractivity contribution in [1.82, 2.24) is 0 Å². The lowest BCUT2D eigenvalue weighted by Gasteiger charge is -2.27. The Morgan fingerprint density at radius 3 is 2.27 bits per heavy atom. The van der Waals surface area contributed by atoms with E-state index in [4.69, 9.17) is 4.74 Å². The van der Waals surface area contributed by atoms with Crippen LogP contribution in [0.25, 0.3) is 0 Å². The second-order valence-electron chi connectivity index (χ2n) is 5.61. The minimum atomic E-state index is -4.63. The van der Waals surface area contributed by atoms with Crippen molar-refractivity contribution in [3.05, 3.63) is 42.0 Å². The molecule has 0 amide bonds. The highest BCUT2D eigenvalue weighted by atomic mass is 19.4. The summed E-state index contributed by atoms with van der Waals surface area (Å²) >= 11 is 0. The highest BCUT2D eigenvalue weighted by Crippen LogP contribution is 2.37. The third-order valence-electron chi connectivity index (χ3n) is 4.03. The number of allylic oxidation sites excluding steroid dienone is 1. The van der Waals surface area contributed by atoms with Crippen LogP contribution in [-0.4, -0.2) is 20.1 Å². The molecule has 2 nitrogen and oxygen atoms in total. The van der Waals surface area contributed by atoms with Crippen LogP contribution < -0.4 is 4.74 Å². The molecule has 0 atom stereocenters. The number of benzene rings is 1. The first-order valence-electron chi connectivity index (χ1n) is 7.49. The molecule has 2 rings (SSSR count). The van der Waals surface area contributed by atoms with Gasteiger partial charge in [0, 0.05) is 7.11 Å². The molecule has 0 bridgehead atoms. The lowest BCUT2D eigenvalue weighted by molar-refractivity contribution is -0.274. The molecule has 1 aliphatic rings. The van der Waals surface area contributed by atoms with Crippen LogP contribution in [0.4, 0.5) is 13.2 Å². The Bertz CT molecular complexity index is 472. The summed E-state index contributed by atoms with van der Waals surface area (Å²) < 4.78 is 45.3. The van der Waals surface area contributed by atoms with Gasteiger partial charge in [-0.1, -0.05) is 24.3 Å². The standard InChI is InChI=1S/C17H21F3O2/c1-21-12-2-3-13-4-6-14(7-5-13)15-8-10-16(11-9-15)22-17(18,19)20/h2-3,8-11,13-14H,4-7,12H2,1H3/b3-2+/t13-,14-. The van der Waals surface area contributed by atoms with Crippen molar-refractivity contribution >= 4 is 0 Å². The largest absolute Gasteiger partial charge is 0.573 e. The third kappa shape index (κ3) is 5.37. The van der Waals surface area contributed by atoms with Crippen LogP contribution in [0.2, 0.25) is 0 Å². The van der Waals surface area contributed by atoms with Crippen molar-refractivity contribution in [3.63, 3.8) is 0 Å². The molecule has 0 N–H and O–H groups in total. The summed E-state index contributed by atoms with van der Waals surface area (Å²) in [5, 5.41) is 0. The molecule has 1 fully saturated rings.